The van der Waals surface area contributed by atoms with Gasteiger partial charge in [0.05, 0.1) is 6.61 Å². The summed E-state index contributed by atoms with van der Waals surface area (Å²) in [5, 5.41) is 13.5. The molecule has 0 aromatic rings. The van der Waals surface area contributed by atoms with E-state index in [4.69, 9.17) is 0 Å². The van der Waals surface area contributed by atoms with E-state index in [1.54, 1.807) is 0 Å². The van der Waals surface area contributed by atoms with Crippen LogP contribution >= 0.6 is 0 Å². The number of nitrogens with zero attached hydrogens (tertiary/aromatic N) is 1. The highest BCUT2D eigenvalue weighted by atomic mass is 16.3. The predicted molar refractivity (Wildman–Crippen MR) is 82.4 cm³/mol. The minimum absolute atomic E-state index is 0.0548. The normalized spacial score (nSPS) is 30.0. The third-order valence-electron chi connectivity index (χ3n) is 4.64. The van der Waals surface area contributed by atoms with Gasteiger partial charge in [0.25, 0.3) is 0 Å². The van der Waals surface area contributed by atoms with E-state index < -0.39 is 0 Å². The summed E-state index contributed by atoms with van der Waals surface area (Å²) in [4.78, 5) is 2.51. The molecule has 0 amide bonds. The molecule has 19 heavy (non-hydrogen) atoms. The highest BCUT2D eigenvalue weighted by molar-refractivity contribution is 4.97. The molecule has 0 saturated heterocycles. The van der Waals surface area contributed by atoms with Gasteiger partial charge in [0.1, 0.15) is 0 Å². The molecule has 0 aliphatic heterocycles. The van der Waals surface area contributed by atoms with E-state index in [0.717, 1.165) is 18.8 Å². The van der Waals surface area contributed by atoms with Crippen molar-refractivity contribution < 1.29 is 5.11 Å². The molecule has 1 fully saturated rings. The van der Waals surface area contributed by atoms with Gasteiger partial charge < -0.3 is 15.3 Å². The van der Waals surface area contributed by atoms with Crippen LogP contribution in [0.4, 0.5) is 0 Å². The molecule has 1 saturated carbocycles. The fourth-order valence-corrected chi connectivity index (χ4v) is 3.41. The number of rotatable bonds is 7. The lowest BCUT2D eigenvalue weighted by Crippen LogP contribution is -2.57. The van der Waals surface area contributed by atoms with Gasteiger partial charge in [-0.3, -0.25) is 0 Å². The molecule has 0 spiro atoms. The van der Waals surface area contributed by atoms with Gasteiger partial charge in [-0.15, -0.1) is 0 Å². The van der Waals surface area contributed by atoms with Crippen LogP contribution in [0.1, 0.15) is 59.8 Å². The lowest BCUT2D eigenvalue weighted by atomic mass is 9.78. The van der Waals surface area contributed by atoms with Crippen LogP contribution in [-0.4, -0.2) is 47.8 Å². The molecule has 3 heteroatoms. The van der Waals surface area contributed by atoms with E-state index >= 15 is 0 Å². The molecule has 1 aliphatic rings. The van der Waals surface area contributed by atoms with Crippen molar-refractivity contribution in [3.63, 3.8) is 0 Å². The van der Waals surface area contributed by atoms with Crippen molar-refractivity contribution in [2.75, 3.05) is 20.2 Å². The molecule has 0 bridgehead atoms. The summed E-state index contributed by atoms with van der Waals surface area (Å²) in [7, 11) is 2.25. The molecule has 3 atom stereocenters. The maximum Gasteiger partial charge on any atom is 0.0613 e. The molecular weight excluding hydrogens is 236 g/mol. The van der Waals surface area contributed by atoms with Crippen molar-refractivity contribution in [2.45, 2.75) is 77.4 Å². The first-order valence-corrected chi connectivity index (χ1v) is 8.01. The zero-order valence-electron chi connectivity index (χ0n) is 13.6. The molecule has 3 unspecified atom stereocenters. The van der Waals surface area contributed by atoms with Crippen molar-refractivity contribution in [1.29, 1.82) is 0 Å². The Hall–Kier alpha value is -0.120. The van der Waals surface area contributed by atoms with Gasteiger partial charge in [0.15, 0.2) is 0 Å². The Kier molecular flexibility index (Phi) is 6.78. The lowest BCUT2D eigenvalue weighted by molar-refractivity contribution is 0.0592. The van der Waals surface area contributed by atoms with Gasteiger partial charge >= 0.3 is 0 Å². The Bertz CT molecular complexity index is 257. The third-order valence-corrected chi connectivity index (χ3v) is 4.64. The topological polar surface area (TPSA) is 35.5 Å². The summed E-state index contributed by atoms with van der Waals surface area (Å²) in [5.74, 6) is 0.758. The average molecular weight is 270 g/mol. The molecule has 1 rings (SSSR count). The zero-order chi connectivity index (χ0) is 14.5. The number of nitrogens with one attached hydrogen (secondary N) is 1. The summed E-state index contributed by atoms with van der Waals surface area (Å²) < 4.78 is 0. The first-order chi connectivity index (χ1) is 8.92. The lowest BCUT2D eigenvalue weighted by Gasteiger charge is -2.45. The summed E-state index contributed by atoms with van der Waals surface area (Å²) >= 11 is 0. The van der Waals surface area contributed by atoms with Crippen molar-refractivity contribution >= 4 is 0 Å². The molecule has 2 N–H and O–H groups in total. The molecule has 3 nitrogen and oxygen atoms in total. The van der Waals surface area contributed by atoms with Crippen molar-refractivity contribution in [3.8, 4) is 0 Å². The van der Waals surface area contributed by atoms with Gasteiger partial charge in [-0.25, -0.2) is 0 Å². The standard InChI is InChI=1S/C16H34N2O/c1-6-14(4)11-18(5)15-8-7-9-16(10-15,12-19)17-13(2)3/h13-15,17,19H,6-12H2,1-5H3. The molecule has 0 radical (unpaired) electrons. The van der Waals surface area contributed by atoms with E-state index in [9.17, 15) is 5.11 Å². The number of hydrogen-bond donors (Lipinski definition) is 2. The van der Waals surface area contributed by atoms with E-state index in [1.807, 2.05) is 0 Å². The van der Waals surface area contributed by atoms with Gasteiger partial charge in [-0.05, 0) is 38.6 Å². The molecule has 0 heterocycles. The van der Waals surface area contributed by atoms with E-state index in [0.29, 0.717) is 12.1 Å². The Morgan fingerprint density at radius 1 is 1.37 bits per heavy atom. The quantitative estimate of drug-likeness (QED) is 0.746. The van der Waals surface area contributed by atoms with Crippen molar-refractivity contribution in [3.05, 3.63) is 0 Å². The summed E-state index contributed by atoms with van der Waals surface area (Å²) in [5.41, 5.74) is -0.0548. The number of aliphatic hydroxyl groups is 1. The third kappa shape index (κ3) is 5.05. The second-order valence-corrected chi connectivity index (χ2v) is 6.94. The molecular formula is C16H34N2O. The minimum atomic E-state index is -0.0548. The van der Waals surface area contributed by atoms with Crippen molar-refractivity contribution in [2.24, 2.45) is 5.92 Å². The summed E-state index contributed by atoms with van der Waals surface area (Å²) in [6.45, 7) is 10.4. The molecule has 0 aromatic heterocycles. The monoisotopic (exact) mass is 270 g/mol. The highest BCUT2D eigenvalue weighted by Crippen LogP contribution is 2.31. The van der Waals surface area contributed by atoms with Crippen LogP contribution < -0.4 is 5.32 Å². The van der Waals surface area contributed by atoms with E-state index in [1.165, 1.54) is 25.8 Å². The van der Waals surface area contributed by atoms with Crippen LogP contribution in [0.2, 0.25) is 0 Å². The Morgan fingerprint density at radius 2 is 2.05 bits per heavy atom. The predicted octanol–water partition coefficient (Wildman–Crippen LogP) is 2.64. The maximum atomic E-state index is 9.84. The van der Waals surface area contributed by atoms with Crippen molar-refractivity contribution in [1.82, 2.24) is 10.2 Å². The molecule has 0 aromatic carbocycles. The van der Waals surface area contributed by atoms with Crippen LogP contribution in [-0.2, 0) is 0 Å². The fourth-order valence-electron chi connectivity index (χ4n) is 3.41. The second kappa shape index (κ2) is 7.61. The average Bonchev–Trinajstić information content (AvgIpc) is 2.38. The van der Waals surface area contributed by atoms with Crippen LogP contribution in [0.5, 0.6) is 0 Å². The van der Waals surface area contributed by atoms with Crippen LogP contribution in [0.25, 0.3) is 0 Å². The van der Waals surface area contributed by atoms with Gasteiger partial charge in [-0.2, -0.15) is 0 Å². The van der Waals surface area contributed by atoms with Crippen LogP contribution in [0, 0.1) is 5.92 Å². The second-order valence-electron chi connectivity index (χ2n) is 6.94. The van der Waals surface area contributed by atoms with Crippen LogP contribution in [0.3, 0.4) is 0 Å². The Morgan fingerprint density at radius 3 is 2.58 bits per heavy atom. The van der Waals surface area contributed by atoms with E-state index in [-0.39, 0.29) is 12.1 Å². The first kappa shape index (κ1) is 16.9. The largest absolute Gasteiger partial charge is 0.394 e. The Labute approximate surface area is 119 Å². The maximum absolute atomic E-state index is 9.84. The first-order valence-electron chi connectivity index (χ1n) is 8.01. The van der Waals surface area contributed by atoms with Gasteiger partial charge in [-0.1, -0.05) is 34.1 Å². The number of aliphatic hydroxyl groups excluding tert-OH is 1. The fraction of sp³-hybridized carbons (Fsp3) is 1.00. The molecule has 1 aliphatic carbocycles. The number of hydrogen-bond acceptors (Lipinski definition) is 3. The van der Waals surface area contributed by atoms with Crippen LogP contribution in [0.15, 0.2) is 0 Å². The summed E-state index contributed by atoms with van der Waals surface area (Å²) in [6, 6.07) is 1.05. The van der Waals surface area contributed by atoms with Gasteiger partial charge in [0.2, 0.25) is 0 Å². The molecule has 114 valence electrons. The smallest absolute Gasteiger partial charge is 0.0613 e. The Balaban J connectivity index is 2.61. The minimum Gasteiger partial charge on any atom is -0.394 e. The van der Waals surface area contributed by atoms with E-state index in [2.05, 4.69) is 45.0 Å². The van der Waals surface area contributed by atoms with Gasteiger partial charge in [0, 0.05) is 24.2 Å². The SMILES string of the molecule is CCC(C)CN(C)C1CCCC(CO)(NC(C)C)C1. The zero-order valence-corrected chi connectivity index (χ0v) is 13.6. The summed E-state index contributed by atoms with van der Waals surface area (Å²) in [6.07, 6.45) is 5.92. The highest BCUT2D eigenvalue weighted by Gasteiger charge is 2.37.